The van der Waals surface area contributed by atoms with Crippen LogP contribution >= 0.6 is 0 Å². The average molecular weight is 244 g/mol. The van der Waals surface area contributed by atoms with Crippen LogP contribution in [0.25, 0.3) is 0 Å². The van der Waals surface area contributed by atoms with E-state index in [2.05, 4.69) is 10.3 Å². The third-order valence-electron chi connectivity index (χ3n) is 3.44. The number of halogens is 3. The quantitative estimate of drug-likeness (QED) is 0.884. The van der Waals surface area contributed by atoms with Crippen LogP contribution in [0, 0.1) is 5.92 Å². The van der Waals surface area contributed by atoms with Crippen LogP contribution < -0.4 is 5.32 Å². The smallest absolute Gasteiger partial charge is 0.319 e. The van der Waals surface area contributed by atoms with E-state index >= 15 is 0 Å². The Labute approximate surface area is 98.2 Å². The molecule has 0 aliphatic heterocycles. The molecule has 0 radical (unpaired) electrons. The Morgan fingerprint density at radius 2 is 2.18 bits per heavy atom. The van der Waals surface area contributed by atoms with Crippen LogP contribution in [-0.2, 0) is 6.18 Å². The molecule has 0 aromatic carbocycles. The van der Waals surface area contributed by atoms with E-state index in [4.69, 9.17) is 0 Å². The van der Waals surface area contributed by atoms with Crippen molar-refractivity contribution in [1.29, 1.82) is 0 Å². The van der Waals surface area contributed by atoms with E-state index in [-0.39, 0.29) is 5.92 Å². The maximum absolute atomic E-state index is 12.8. The van der Waals surface area contributed by atoms with Gasteiger partial charge in [0.1, 0.15) is 0 Å². The Bertz CT molecular complexity index is 390. The number of alkyl halides is 3. The van der Waals surface area contributed by atoms with Crippen LogP contribution in [-0.4, -0.2) is 18.6 Å². The number of hydrogen-bond acceptors (Lipinski definition) is 2. The first-order chi connectivity index (χ1) is 8.04. The highest BCUT2D eigenvalue weighted by Crippen LogP contribution is 2.46. The van der Waals surface area contributed by atoms with Gasteiger partial charge in [-0.3, -0.25) is 4.98 Å². The van der Waals surface area contributed by atoms with Gasteiger partial charge >= 0.3 is 6.18 Å². The van der Waals surface area contributed by atoms with Gasteiger partial charge in [-0.1, -0.05) is 0 Å². The summed E-state index contributed by atoms with van der Waals surface area (Å²) >= 11 is 0. The molecular formula is C12H15F3N2. The predicted octanol–water partition coefficient (Wildman–Crippen LogP) is 2.81. The molecule has 1 N–H and O–H groups in total. The van der Waals surface area contributed by atoms with E-state index in [0.29, 0.717) is 11.5 Å². The summed E-state index contributed by atoms with van der Waals surface area (Å²) < 4.78 is 38.5. The topological polar surface area (TPSA) is 24.9 Å². The fourth-order valence-electron chi connectivity index (χ4n) is 2.45. The van der Waals surface area contributed by atoms with Crippen molar-refractivity contribution in [2.45, 2.75) is 24.9 Å². The molecule has 1 heterocycles. The second-order valence-electron chi connectivity index (χ2n) is 4.46. The molecule has 1 aromatic heterocycles. The van der Waals surface area contributed by atoms with Crippen LogP contribution in [0.5, 0.6) is 0 Å². The summed E-state index contributed by atoms with van der Waals surface area (Å²) in [6.45, 7) is 0.761. The summed E-state index contributed by atoms with van der Waals surface area (Å²) in [6, 6.07) is 1.07. The molecule has 2 atom stereocenters. The van der Waals surface area contributed by atoms with Gasteiger partial charge in [0.05, 0.1) is 5.56 Å². The number of nitrogens with one attached hydrogen (secondary N) is 1. The van der Waals surface area contributed by atoms with Gasteiger partial charge in [0.2, 0.25) is 0 Å². The molecule has 0 saturated heterocycles. The maximum atomic E-state index is 12.8. The SMILES string of the molecule is CNCC1CCC1c1cnccc1C(F)(F)F. The van der Waals surface area contributed by atoms with Gasteiger partial charge in [0.15, 0.2) is 0 Å². The van der Waals surface area contributed by atoms with Crippen LogP contribution in [0.2, 0.25) is 0 Å². The van der Waals surface area contributed by atoms with Crippen molar-refractivity contribution in [2.24, 2.45) is 5.92 Å². The third kappa shape index (κ3) is 2.44. The highest BCUT2D eigenvalue weighted by atomic mass is 19.4. The number of aromatic nitrogens is 1. The van der Waals surface area contributed by atoms with Gasteiger partial charge in [0.25, 0.3) is 0 Å². The van der Waals surface area contributed by atoms with Crippen molar-refractivity contribution in [3.8, 4) is 0 Å². The number of hydrogen-bond donors (Lipinski definition) is 1. The van der Waals surface area contributed by atoms with E-state index in [1.54, 1.807) is 0 Å². The van der Waals surface area contributed by atoms with E-state index in [0.717, 1.165) is 25.5 Å². The summed E-state index contributed by atoms with van der Waals surface area (Å²) in [5.74, 6) is 0.290. The summed E-state index contributed by atoms with van der Waals surface area (Å²) in [7, 11) is 1.82. The summed E-state index contributed by atoms with van der Waals surface area (Å²) in [6.07, 6.45) is 0.101. The lowest BCUT2D eigenvalue weighted by atomic mass is 9.69. The van der Waals surface area contributed by atoms with Gasteiger partial charge in [-0.25, -0.2) is 0 Å². The zero-order chi connectivity index (χ0) is 12.5. The second kappa shape index (κ2) is 4.64. The minimum absolute atomic E-state index is 0.00669. The van der Waals surface area contributed by atoms with Gasteiger partial charge in [-0.2, -0.15) is 13.2 Å². The molecule has 2 nitrogen and oxygen atoms in total. The Morgan fingerprint density at radius 3 is 2.71 bits per heavy atom. The number of nitrogens with zero attached hydrogens (tertiary/aromatic N) is 1. The van der Waals surface area contributed by atoms with Crippen molar-refractivity contribution in [1.82, 2.24) is 10.3 Å². The van der Waals surface area contributed by atoms with E-state index in [1.807, 2.05) is 7.05 Å². The maximum Gasteiger partial charge on any atom is 0.416 e. The largest absolute Gasteiger partial charge is 0.416 e. The lowest BCUT2D eigenvalue weighted by Crippen LogP contribution is -2.33. The Hall–Kier alpha value is -1.10. The van der Waals surface area contributed by atoms with E-state index < -0.39 is 11.7 Å². The summed E-state index contributed by atoms with van der Waals surface area (Å²) in [4.78, 5) is 3.84. The van der Waals surface area contributed by atoms with Gasteiger partial charge < -0.3 is 5.32 Å². The van der Waals surface area contributed by atoms with Crippen molar-refractivity contribution < 1.29 is 13.2 Å². The number of pyridine rings is 1. The predicted molar refractivity (Wildman–Crippen MR) is 58.6 cm³/mol. The molecule has 1 aliphatic rings. The molecule has 1 saturated carbocycles. The molecular weight excluding hydrogens is 229 g/mol. The molecule has 0 bridgehead atoms. The zero-order valence-electron chi connectivity index (χ0n) is 9.59. The Morgan fingerprint density at radius 1 is 1.41 bits per heavy atom. The van der Waals surface area contributed by atoms with Crippen molar-refractivity contribution in [3.05, 3.63) is 29.6 Å². The molecule has 1 aliphatic carbocycles. The average Bonchev–Trinajstić information content (AvgIpc) is 2.24. The Kier molecular flexibility index (Phi) is 3.38. The summed E-state index contributed by atoms with van der Waals surface area (Å²) in [5.41, 5.74) is -0.176. The fourth-order valence-corrected chi connectivity index (χ4v) is 2.45. The molecule has 17 heavy (non-hydrogen) atoms. The first-order valence-electron chi connectivity index (χ1n) is 5.69. The molecule has 1 fully saturated rings. The molecule has 2 rings (SSSR count). The highest BCUT2D eigenvalue weighted by molar-refractivity contribution is 5.31. The van der Waals surface area contributed by atoms with Crippen molar-refractivity contribution in [3.63, 3.8) is 0 Å². The van der Waals surface area contributed by atoms with Crippen LogP contribution in [0.4, 0.5) is 13.2 Å². The molecule has 94 valence electrons. The lowest BCUT2D eigenvalue weighted by molar-refractivity contribution is -0.138. The minimum Gasteiger partial charge on any atom is -0.319 e. The zero-order valence-corrected chi connectivity index (χ0v) is 9.59. The van der Waals surface area contributed by atoms with Gasteiger partial charge in [-0.15, -0.1) is 0 Å². The third-order valence-corrected chi connectivity index (χ3v) is 3.44. The van der Waals surface area contributed by atoms with Crippen LogP contribution in [0.3, 0.4) is 0 Å². The van der Waals surface area contributed by atoms with Crippen molar-refractivity contribution in [2.75, 3.05) is 13.6 Å². The first kappa shape index (κ1) is 12.4. The number of rotatable bonds is 3. The molecule has 1 aromatic rings. The highest BCUT2D eigenvalue weighted by Gasteiger charge is 2.40. The summed E-state index contributed by atoms with van der Waals surface area (Å²) in [5, 5.41) is 3.03. The van der Waals surface area contributed by atoms with Crippen molar-refractivity contribution >= 4 is 0 Å². The van der Waals surface area contributed by atoms with Gasteiger partial charge in [-0.05, 0) is 49.9 Å². The van der Waals surface area contributed by atoms with E-state index in [1.165, 1.54) is 12.4 Å². The fraction of sp³-hybridized carbons (Fsp3) is 0.583. The molecule has 2 unspecified atom stereocenters. The Balaban J connectivity index is 2.27. The molecule has 5 heteroatoms. The van der Waals surface area contributed by atoms with Gasteiger partial charge in [0, 0.05) is 12.4 Å². The standard InChI is InChI=1S/C12H15F3N2/c1-16-6-8-2-3-9(8)10-7-17-5-4-11(10)12(13,14)15/h4-5,7-9,16H,2-3,6H2,1H3. The molecule has 0 amide bonds. The lowest BCUT2D eigenvalue weighted by Gasteiger charge is -2.38. The van der Waals surface area contributed by atoms with E-state index in [9.17, 15) is 13.2 Å². The normalized spacial score (nSPS) is 24.5. The minimum atomic E-state index is -4.28. The first-order valence-corrected chi connectivity index (χ1v) is 5.69. The van der Waals surface area contributed by atoms with Crippen LogP contribution in [0.15, 0.2) is 18.5 Å². The second-order valence-corrected chi connectivity index (χ2v) is 4.46. The monoisotopic (exact) mass is 244 g/mol. The van der Waals surface area contributed by atoms with Crippen LogP contribution in [0.1, 0.15) is 29.9 Å². The molecule has 0 spiro atoms.